The zero-order chi connectivity index (χ0) is 22.3. The van der Waals surface area contributed by atoms with Crippen molar-refractivity contribution < 1.29 is 17.9 Å². The maximum Gasteiger partial charge on any atom is 0.419 e. The van der Waals surface area contributed by atoms with Gasteiger partial charge in [0.15, 0.2) is 5.96 Å². The van der Waals surface area contributed by atoms with E-state index in [2.05, 4.69) is 31.6 Å². The van der Waals surface area contributed by atoms with Gasteiger partial charge in [-0.2, -0.15) is 13.2 Å². The Labute approximate surface area is 180 Å². The molecule has 0 bridgehead atoms. The van der Waals surface area contributed by atoms with Gasteiger partial charge in [-0.25, -0.2) is 4.98 Å². The summed E-state index contributed by atoms with van der Waals surface area (Å²) >= 11 is 0. The number of hydrogen-bond donors (Lipinski definition) is 2. The van der Waals surface area contributed by atoms with Crippen LogP contribution >= 0.6 is 0 Å². The lowest BCUT2D eigenvalue weighted by molar-refractivity contribution is -0.138. The number of piperidine rings is 1. The monoisotopic (exact) mass is 435 g/mol. The summed E-state index contributed by atoms with van der Waals surface area (Å²) in [6.07, 6.45) is -0.692. The molecule has 0 atom stereocenters. The van der Waals surface area contributed by atoms with Crippen molar-refractivity contribution in [3.05, 3.63) is 53.7 Å². The van der Waals surface area contributed by atoms with E-state index in [1.54, 1.807) is 7.05 Å². The predicted molar refractivity (Wildman–Crippen MR) is 116 cm³/mol. The van der Waals surface area contributed by atoms with Crippen molar-refractivity contribution in [1.29, 1.82) is 0 Å². The molecule has 6 nitrogen and oxygen atoms in total. The van der Waals surface area contributed by atoms with E-state index in [9.17, 15) is 13.2 Å². The smallest absolute Gasteiger partial charge is 0.419 e. The molecule has 1 aliphatic rings. The molecule has 0 aliphatic carbocycles. The first-order valence-electron chi connectivity index (χ1n) is 10.3. The zero-order valence-corrected chi connectivity index (χ0v) is 17.7. The minimum absolute atomic E-state index is 0.0886. The van der Waals surface area contributed by atoms with Crippen LogP contribution in [0.1, 0.15) is 24.0 Å². The topological polar surface area (TPSA) is 61.8 Å². The number of para-hydroxylation sites is 1. The van der Waals surface area contributed by atoms with Crippen LogP contribution < -0.4 is 20.3 Å². The number of halogens is 3. The highest BCUT2D eigenvalue weighted by Crippen LogP contribution is 2.35. The third-order valence-corrected chi connectivity index (χ3v) is 5.12. The van der Waals surface area contributed by atoms with Crippen molar-refractivity contribution in [2.45, 2.75) is 32.0 Å². The van der Waals surface area contributed by atoms with Gasteiger partial charge in [0.25, 0.3) is 0 Å². The fourth-order valence-corrected chi connectivity index (χ4v) is 3.45. The summed E-state index contributed by atoms with van der Waals surface area (Å²) in [6, 6.07) is 9.58. The summed E-state index contributed by atoms with van der Waals surface area (Å²) in [6.45, 7) is 4.22. The van der Waals surface area contributed by atoms with Crippen LogP contribution in [-0.2, 0) is 6.18 Å². The Morgan fingerprint density at radius 1 is 1.19 bits per heavy atom. The molecule has 2 aromatic rings. The normalized spacial score (nSPS) is 15.6. The van der Waals surface area contributed by atoms with Gasteiger partial charge in [0, 0.05) is 32.4 Å². The number of rotatable bonds is 6. The number of aliphatic imine (C=N–C) groups is 1. The van der Waals surface area contributed by atoms with E-state index in [0.717, 1.165) is 43.4 Å². The molecule has 0 spiro atoms. The minimum atomic E-state index is -4.44. The average molecular weight is 435 g/mol. The number of aryl methyl sites for hydroxylation is 1. The van der Waals surface area contributed by atoms with Crippen LogP contribution in [0.5, 0.6) is 5.75 Å². The van der Waals surface area contributed by atoms with Crippen molar-refractivity contribution in [3.63, 3.8) is 0 Å². The predicted octanol–water partition coefficient (Wildman–Crippen LogP) is 3.62. The second-order valence-corrected chi connectivity index (χ2v) is 7.44. The highest BCUT2D eigenvalue weighted by atomic mass is 19.4. The van der Waals surface area contributed by atoms with Crippen molar-refractivity contribution >= 4 is 11.8 Å². The number of ether oxygens (including phenoxy) is 1. The Kier molecular flexibility index (Phi) is 7.59. The van der Waals surface area contributed by atoms with Crippen LogP contribution in [0.15, 0.2) is 47.6 Å². The fraction of sp³-hybridized carbons (Fsp3) is 0.455. The van der Waals surface area contributed by atoms with E-state index in [1.165, 1.54) is 18.2 Å². The lowest BCUT2D eigenvalue weighted by Gasteiger charge is -2.33. The van der Waals surface area contributed by atoms with E-state index in [0.29, 0.717) is 12.5 Å². The maximum atomic E-state index is 13.0. The molecule has 0 unspecified atom stereocenters. The van der Waals surface area contributed by atoms with Crippen molar-refractivity contribution in [1.82, 2.24) is 15.6 Å². The summed E-state index contributed by atoms with van der Waals surface area (Å²) in [7, 11) is 1.67. The largest absolute Gasteiger partial charge is 0.491 e. The number of pyridine rings is 1. The maximum absolute atomic E-state index is 13.0. The highest BCUT2D eigenvalue weighted by molar-refractivity contribution is 5.80. The molecule has 0 amide bonds. The van der Waals surface area contributed by atoms with Crippen molar-refractivity contribution in [2.24, 2.45) is 4.99 Å². The van der Waals surface area contributed by atoms with Crippen molar-refractivity contribution in [2.75, 3.05) is 38.2 Å². The van der Waals surface area contributed by atoms with Gasteiger partial charge in [0.05, 0.1) is 12.1 Å². The van der Waals surface area contributed by atoms with E-state index in [-0.39, 0.29) is 18.4 Å². The van der Waals surface area contributed by atoms with Crippen LogP contribution in [0.3, 0.4) is 0 Å². The minimum Gasteiger partial charge on any atom is -0.491 e. The van der Waals surface area contributed by atoms with Gasteiger partial charge in [-0.05, 0) is 43.5 Å². The Bertz CT molecular complexity index is 862. The molecule has 1 aromatic carbocycles. The zero-order valence-electron chi connectivity index (χ0n) is 17.7. The Hall–Kier alpha value is -2.97. The van der Waals surface area contributed by atoms with Crippen molar-refractivity contribution in [3.8, 4) is 5.75 Å². The molecular weight excluding hydrogens is 407 g/mol. The molecule has 3 rings (SSSR count). The molecule has 1 saturated heterocycles. The average Bonchev–Trinajstić information content (AvgIpc) is 2.76. The second kappa shape index (κ2) is 10.4. The molecule has 168 valence electrons. The summed E-state index contributed by atoms with van der Waals surface area (Å²) in [4.78, 5) is 11.0. The van der Waals surface area contributed by atoms with E-state index < -0.39 is 11.7 Å². The number of benzene rings is 1. The first kappa shape index (κ1) is 22.7. The fourth-order valence-electron chi connectivity index (χ4n) is 3.45. The third-order valence-electron chi connectivity index (χ3n) is 5.12. The van der Waals surface area contributed by atoms with Crippen LogP contribution in [-0.4, -0.2) is 50.3 Å². The third kappa shape index (κ3) is 6.50. The standard InChI is InChI=1S/C22H28F3N5O/c1-16-7-8-20(28-15-16)30-12-9-17(10-13-30)29-21(26-2)27-11-14-31-19-6-4-3-5-18(19)22(23,24)25/h3-8,15,17H,9-14H2,1-2H3,(H2,26,27,29). The second-order valence-electron chi connectivity index (χ2n) is 7.44. The van der Waals surface area contributed by atoms with Gasteiger partial charge >= 0.3 is 6.18 Å². The van der Waals surface area contributed by atoms with Gasteiger partial charge in [-0.15, -0.1) is 0 Å². The van der Waals surface area contributed by atoms with Crippen LogP contribution in [0.25, 0.3) is 0 Å². The number of anilines is 1. The molecule has 0 radical (unpaired) electrons. The molecule has 0 saturated carbocycles. The summed E-state index contributed by atoms with van der Waals surface area (Å²) in [5, 5.41) is 6.48. The summed E-state index contributed by atoms with van der Waals surface area (Å²) in [5.41, 5.74) is 0.369. The molecular formula is C22H28F3N5O. The van der Waals surface area contributed by atoms with E-state index in [4.69, 9.17) is 4.74 Å². The molecule has 9 heteroatoms. The first-order chi connectivity index (χ1) is 14.9. The number of guanidine groups is 1. The quantitative estimate of drug-likeness (QED) is 0.412. The van der Waals surface area contributed by atoms with Crippen LogP contribution in [0.4, 0.5) is 19.0 Å². The van der Waals surface area contributed by atoms with Crippen LogP contribution in [0.2, 0.25) is 0 Å². The molecule has 31 heavy (non-hydrogen) atoms. The molecule has 1 fully saturated rings. The van der Waals surface area contributed by atoms with Gasteiger partial charge in [0.2, 0.25) is 0 Å². The molecule has 1 aliphatic heterocycles. The number of nitrogens with zero attached hydrogens (tertiary/aromatic N) is 3. The lowest BCUT2D eigenvalue weighted by atomic mass is 10.1. The van der Waals surface area contributed by atoms with Gasteiger partial charge in [0.1, 0.15) is 18.2 Å². The SMILES string of the molecule is CN=C(NCCOc1ccccc1C(F)(F)F)NC1CCN(c2ccc(C)cn2)CC1. The molecule has 2 heterocycles. The number of aromatic nitrogens is 1. The van der Waals surface area contributed by atoms with Gasteiger partial charge in [-0.1, -0.05) is 18.2 Å². The van der Waals surface area contributed by atoms with Crippen LogP contribution in [0, 0.1) is 6.92 Å². The lowest BCUT2D eigenvalue weighted by Crippen LogP contribution is -2.49. The van der Waals surface area contributed by atoms with Gasteiger partial charge in [-0.3, -0.25) is 4.99 Å². The summed E-state index contributed by atoms with van der Waals surface area (Å²) < 4.78 is 44.4. The molecule has 2 N–H and O–H groups in total. The Morgan fingerprint density at radius 3 is 2.58 bits per heavy atom. The number of hydrogen-bond acceptors (Lipinski definition) is 4. The highest BCUT2D eigenvalue weighted by Gasteiger charge is 2.34. The summed E-state index contributed by atoms with van der Waals surface area (Å²) in [5.74, 6) is 1.43. The Balaban J connectivity index is 1.41. The first-order valence-corrected chi connectivity index (χ1v) is 10.3. The Morgan fingerprint density at radius 2 is 1.94 bits per heavy atom. The van der Waals surface area contributed by atoms with E-state index in [1.807, 2.05) is 19.2 Å². The van der Waals surface area contributed by atoms with Gasteiger partial charge < -0.3 is 20.3 Å². The number of alkyl halides is 3. The number of nitrogens with one attached hydrogen (secondary N) is 2. The van der Waals surface area contributed by atoms with E-state index >= 15 is 0 Å². The molecule has 1 aromatic heterocycles.